The van der Waals surface area contributed by atoms with Gasteiger partial charge in [0.1, 0.15) is 6.07 Å². The summed E-state index contributed by atoms with van der Waals surface area (Å²) < 4.78 is 11.4. The molecule has 1 saturated carbocycles. The van der Waals surface area contributed by atoms with E-state index in [1.807, 2.05) is 18.2 Å². The topological polar surface area (TPSA) is 55.1 Å². The molecule has 0 aliphatic heterocycles. The molecule has 0 unspecified atom stereocenters. The molecule has 0 radical (unpaired) electrons. The Labute approximate surface area is 152 Å². The van der Waals surface area contributed by atoms with E-state index in [1.165, 1.54) is 12.8 Å². The highest BCUT2D eigenvalue weighted by Crippen LogP contribution is 2.33. The normalized spacial score (nSPS) is 15.0. The molecular weight excluding hydrogens is 336 g/mol. The lowest BCUT2D eigenvalue weighted by molar-refractivity contribution is 0.200. The van der Waals surface area contributed by atoms with E-state index in [-0.39, 0.29) is 6.10 Å². The van der Waals surface area contributed by atoms with Gasteiger partial charge in [-0.1, -0.05) is 29.8 Å². The van der Waals surface area contributed by atoms with Crippen LogP contribution in [0, 0.1) is 11.3 Å². The summed E-state index contributed by atoms with van der Waals surface area (Å²) in [5, 5.41) is 10.1. The van der Waals surface area contributed by atoms with E-state index in [9.17, 15) is 5.26 Å². The summed E-state index contributed by atoms with van der Waals surface area (Å²) in [4.78, 5) is 4.34. The van der Waals surface area contributed by atoms with E-state index in [4.69, 9.17) is 21.1 Å². The first-order valence-electron chi connectivity index (χ1n) is 8.28. The lowest BCUT2D eigenvalue weighted by atomic mass is 10.1. The van der Waals surface area contributed by atoms with Gasteiger partial charge in [-0.05, 0) is 43.4 Å². The Bertz CT molecular complexity index is 821. The van der Waals surface area contributed by atoms with Crippen molar-refractivity contribution < 1.29 is 9.47 Å². The predicted molar refractivity (Wildman–Crippen MR) is 98.6 cm³/mol. The molecule has 5 heteroatoms. The monoisotopic (exact) mass is 354 g/mol. The molecule has 1 fully saturated rings. The Kier molecular flexibility index (Phi) is 5.57. The van der Waals surface area contributed by atoms with Crippen LogP contribution in [0.25, 0.3) is 11.6 Å². The van der Waals surface area contributed by atoms with Crippen molar-refractivity contribution in [3.05, 3.63) is 52.8 Å². The molecule has 25 heavy (non-hydrogen) atoms. The third-order valence-electron chi connectivity index (χ3n) is 4.25. The Morgan fingerprint density at radius 2 is 2.04 bits per heavy atom. The molecule has 4 nitrogen and oxygen atoms in total. The van der Waals surface area contributed by atoms with Gasteiger partial charge in [-0.3, -0.25) is 4.98 Å². The average molecular weight is 355 g/mol. The molecule has 0 N–H and O–H groups in total. The van der Waals surface area contributed by atoms with Gasteiger partial charge in [0.25, 0.3) is 0 Å². The standard InChI is InChI=1S/C20H19ClN2O2/c1-24-20-13-23-18(11-19(20)25-16-7-3-4-8-16)15(12-22)10-14-6-2-5-9-17(14)21/h2,5-6,9-11,13,16H,3-4,7-8H2,1H3/b15-10+. The molecular formula is C20H19ClN2O2. The molecule has 0 atom stereocenters. The summed E-state index contributed by atoms with van der Waals surface area (Å²) >= 11 is 6.19. The molecule has 0 amide bonds. The molecule has 1 aromatic carbocycles. The van der Waals surface area contributed by atoms with E-state index in [0.29, 0.717) is 27.8 Å². The number of hydrogen-bond acceptors (Lipinski definition) is 4. The molecule has 0 spiro atoms. The lowest BCUT2D eigenvalue weighted by Gasteiger charge is -2.16. The van der Waals surface area contributed by atoms with Crippen molar-refractivity contribution in [2.24, 2.45) is 0 Å². The SMILES string of the molecule is COc1cnc(/C(C#N)=C/c2ccccc2Cl)cc1OC1CCCC1. The van der Waals surface area contributed by atoms with E-state index in [0.717, 1.165) is 18.4 Å². The highest BCUT2D eigenvalue weighted by Gasteiger charge is 2.19. The largest absolute Gasteiger partial charge is 0.491 e. The first-order valence-corrected chi connectivity index (χ1v) is 8.66. The number of methoxy groups -OCH3 is 1. The Balaban J connectivity index is 1.95. The molecule has 3 rings (SSSR count). The van der Waals surface area contributed by atoms with Crippen LogP contribution in [-0.4, -0.2) is 18.2 Å². The second kappa shape index (κ2) is 8.04. The van der Waals surface area contributed by atoms with Crippen LogP contribution in [0.15, 0.2) is 36.5 Å². The first-order chi connectivity index (χ1) is 12.2. The van der Waals surface area contributed by atoms with Crippen molar-refractivity contribution in [2.75, 3.05) is 7.11 Å². The molecule has 0 bridgehead atoms. The predicted octanol–water partition coefficient (Wildman–Crippen LogP) is 5.13. The van der Waals surface area contributed by atoms with E-state index in [2.05, 4.69) is 11.1 Å². The van der Waals surface area contributed by atoms with Crippen LogP contribution in [0.3, 0.4) is 0 Å². The van der Waals surface area contributed by atoms with Crippen LogP contribution >= 0.6 is 11.6 Å². The fourth-order valence-electron chi connectivity index (χ4n) is 2.91. The smallest absolute Gasteiger partial charge is 0.179 e. The van der Waals surface area contributed by atoms with Gasteiger partial charge in [0.15, 0.2) is 11.5 Å². The number of benzene rings is 1. The average Bonchev–Trinajstić information content (AvgIpc) is 3.14. The lowest BCUT2D eigenvalue weighted by Crippen LogP contribution is -2.12. The van der Waals surface area contributed by atoms with Crippen molar-refractivity contribution in [2.45, 2.75) is 31.8 Å². The summed E-state index contributed by atoms with van der Waals surface area (Å²) in [6.45, 7) is 0. The summed E-state index contributed by atoms with van der Waals surface area (Å²) in [5.74, 6) is 1.20. The van der Waals surface area contributed by atoms with Gasteiger partial charge >= 0.3 is 0 Å². The third-order valence-corrected chi connectivity index (χ3v) is 4.59. The number of hydrogen-bond donors (Lipinski definition) is 0. The maximum Gasteiger partial charge on any atom is 0.179 e. The molecule has 1 heterocycles. The van der Waals surface area contributed by atoms with Gasteiger partial charge in [-0.25, -0.2) is 0 Å². The van der Waals surface area contributed by atoms with Gasteiger partial charge < -0.3 is 9.47 Å². The highest BCUT2D eigenvalue weighted by atomic mass is 35.5. The minimum absolute atomic E-state index is 0.197. The third kappa shape index (κ3) is 4.12. The van der Waals surface area contributed by atoms with Gasteiger partial charge in [-0.2, -0.15) is 5.26 Å². The van der Waals surface area contributed by atoms with E-state index >= 15 is 0 Å². The summed E-state index contributed by atoms with van der Waals surface area (Å²) in [6.07, 6.45) is 7.97. The quantitative estimate of drug-likeness (QED) is 0.698. The Morgan fingerprint density at radius 1 is 1.28 bits per heavy atom. The second-order valence-electron chi connectivity index (χ2n) is 5.94. The first kappa shape index (κ1) is 17.3. The molecule has 128 valence electrons. The van der Waals surface area contributed by atoms with Gasteiger partial charge in [-0.15, -0.1) is 0 Å². The second-order valence-corrected chi connectivity index (χ2v) is 6.34. The van der Waals surface area contributed by atoms with Crippen LogP contribution in [0.4, 0.5) is 0 Å². The number of ether oxygens (including phenoxy) is 2. The number of pyridine rings is 1. The zero-order valence-corrected chi connectivity index (χ0v) is 14.8. The summed E-state index contributed by atoms with van der Waals surface area (Å²) in [7, 11) is 1.59. The number of halogens is 1. The van der Waals surface area contributed by atoms with Crippen LogP contribution in [-0.2, 0) is 0 Å². The molecule has 1 aliphatic carbocycles. The number of allylic oxidation sites excluding steroid dienone is 1. The summed E-state index contributed by atoms with van der Waals surface area (Å²) in [5.41, 5.74) is 1.74. The van der Waals surface area contributed by atoms with Crippen molar-refractivity contribution >= 4 is 23.3 Å². The van der Waals surface area contributed by atoms with Gasteiger partial charge in [0.05, 0.1) is 30.7 Å². The summed E-state index contributed by atoms with van der Waals surface area (Å²) in [6, 6.07) is 11.3. The minimum Gasteiger partial charge on any atom is -0.491 e. The van der Waals surface area contributed by atoms with Gasteiger partial charge in [0, 0.05) is 11.1 Å². The zero-order valence-electron chi connectivity index (χ0n) is 14.0. The highest BCUT2D eigenvalue weighted by molar-refractivity contribution is 6.32. The van der Waals surface area contributed by atoms with Crippen molar-refractivity contribution in [3.8, 4) is 17.6 Å². The van der Waals surface area contributed by atoms with Crippen molar-refractivity contribution in [1.29, 1.82) is 5.26 Å². The Hall–Kier alpha value is -2.51. The van der Waals surface area contributed by atoms with E-state index in [1.54, 1.807) is 31.5 Å². The van der Waals surface area contributed by atoms with Crippen LogP contribution < -0.4 is 9.47 Å². The van der Waals surface area contributed by atoms with E-state index < -0.39 is 0 Å². The van der Waals surface area contributed by atoms with Crippen molar-refractivity contribution in [1.82, 2.24) is 4.98 Å². The molecule has 0 saturated heterocycles. The maximum absolute atomic E-state index is 9.56. The molecule has 2 aromatic rings. The molecule has 1 aromatic heterocycles. The van der Waals surface area contributed by atoms with Crippen molar-refractivity contribution in [3.63, 3.8) is 0 Å². The van der Waals surface area contributed by atoms with Crippen LogP contribution in [0.5, 0.6) is 11.5 Å². The van der Waals surface area contributed by atoms with Gasteiger partial charge in [0.2, 0.25) is 0 Å². The fourth-order valence-corrected chi connectivity index (χ4v) is 3.10. The number of nitriles is 1. The number of aromatic nitrogens is 1. The van der Waals surface area contributed by atoms with Crippen LogP contribution in [0.1, 0.15) is 36.9 Å². The number of rotatable bonds is 5. The molecule has 1 aliphatic rings. The zero-order chi connectivity index (χ0) is 17.6. The number of nitrogens with zero attached hydrogens (tertiary/aromatic N) is 2. The van der Waals surface area contributed by atoms with Crippen LogP contribution in [0.2, 0.25) is 5.02 Å². The Morgan fingerprint density at radius 3 is 2.72 bits per heavy atom. The fraction of sp³-hybridized carbons (Fsp3) is 0.300. The maximum atomic E-state index is 9.56. The minimum atomic E-state index is 0.197.